The van der Waals surface area contributed by atoms with Crippen molar-refractivity contribution in [3.8, 4) is 0 Å². The molecule has 3 amide bonds. The molecule has 40 heavy (non-hydrogen) atoms. The van der Waals surface area contributed by atoms with Crippen LogP contribution in [0.2, 0.25) is 13.3 Å². The number of nitrogens with one attached hydrogen (secondary N) is 2. The standard InChI is InChI=1S/C21H26N3O3.3C4H9.Sn/c1-5-18(25)23-17(21(2,3)4)14-22-12-8-9-13-24-19(26)15-10-6-7-11-16(15)20(24)27;3*1-3-4-2;/h1,5-8,10-12,17,22H,9,13-14H2,2-4H3,(H,23,25);3*1,3-4H2,2H3;/b5-1?,12-8-;;;;/t17-;;;;/m1..../s1. The molecule has 2 rings (SSSR count). The number of amides is 3. The maximum atomic E-state index is 13.1. The van der Waals surface area contributed by atoms with Crippen molar-refractivity contribution < 1.29 is 14.4 Å². The number of imide groups is 1. The quantitative estimate of drug-likeness (QED) is 0.0990. The zero-order chi connectivity index (χ0) is 29.6. The Morgan fingerprint density at radius 1 is 0.925 bits per heavy atom. The van der Waals surface area contributed by atoms with Gasteiger partial charge in [0.2, 0.25) is 0 Å². The van der Waals surface area contributed by atoms with Gasteiger partial charge in [0.25, 0.3) is 11.8 Å². The van der Waals surface area contributed by atoms with Gasteiger partial charge >= 0.3 is 191 Å². The van der Waals surface area contributed by atoms with Crippen molar-refractivity contribution in [2.24, 2.45) is 5.41 Å². The van der Waals surface area contributed by atoms with E-state index in [0.717, 1.165) is 0 Å². The molecule has 0 fully saturated rings. The van der Waals surface area contributed by atoms with Crippen LogP contribution < -0.4 is 10.6 Å². The zero-order valence-electron chi connectivity index (χ0n) is 25.9. The molecule has 0 bridgehead atoms. The fourth-order valence-electron chi connectivity index (χ4n) is 5.26. The van der Waals surface area contributed by atoms with E-state index in [1.165, 1.54) is 56.7 Å². The van der Waals surface area contributed by atoms with Crippen molar-refractivity contribution in [2.45, 2.75) is 106 Å². The Hall–Kier alpha value is -2.09. The number of benzene rings is 1. The molecule has 0 spiro atoms. The SMILES string of the molecule is CCC[CH2][Sn](/[CH]=C\C(=O)N[C@H](CN/C=C\CCN1C(=O)c2ccccc2C1=O)C(C)(C)C)([CH2]CCC)[CH2]CCC. The van der Waals surface area contributed by atoms with Crippen molar-refractivity contribution >= 4 is 36.1 Å². The average molecular weight is 659 g/mol. The number of hydrogen-bond acceptors (Lipinski definition) is 4. The van der Waals surface area contributed by atoms with E-state index in [9.17, 15) is 14.4 Å². The molecule has 1 atom stereocenters. The van der Waals surface area contributed by atoms with Crippen molar-refractivity contribution in [3.63, 3.8) is 0 Å². The van der Waals surface area contributed by atoms with Crippen molar-refractivity contribution in [1.29, 1.82) is 0 Å². The third-order valence-electron chi connectivity index (χ3n) is 7.99. The van der Waals surface area contributed by atoms with Gasteiger partial charge in [0, 0.05) is 0 Å². The van der Waals surface area contributed by atoms with Gasteiger partial charge in [-0.05, 0) is 12.1 Å². The van der Waals surface area contributed by atoms with E-state index in [-0.39, 0.29) is 29.2 Å². The van der Waals surface area contributed by atoms with E-state index >= 15 is 0 Å². The fraction of sp³-hybridized carbons (Fsp3) is 0.606. The minimum atomic E-state index is -2.51. The summed E-state index contributed by atoms with van der Waals surface area (Å²) in [6.45, 7) is 14.2. The first-order chi connectivity index (χ1) is 19.1. The molecule has 6 nitrogen and oxygen atoms in total. The first kappa shape index (κ1) is 34.1. The summed E-state index contributed by atoms with van der Waals surface area (Å²) in [6.07, 6.45) is 13.8. The number of carbonyl (C=O) groups is 3. The summed E-state index contributed by atoms with van der Waals surface area (Å²) < 4.78 is 6.48. The van der Waals surface area contributed by atoms with Gasteiger partial charge in [-0.2, -0.15) is 0 Å². The summed E-state index contributed by atoms with van der Waals surface area (Å²) in [5.74, 6) is -0.432. The zero-order valence-corrected chi connectivity index (χ0v) is 28.7. The number of unbranched alkanes of at least 4 members (excludes halogenated alkanes) is 3. The molecule has 1 heterocycles. The number of hydrogen-bond donors (Lipinski definition) is 2. The molecule has 7 heteroatoms. The molecule has 0 saturated carbocycles. The van der Waals surface area contributed by atoms with Crippen LogP contribution in [0.25, 0.3) is 0 Å². The van der Waals surface area contributed by atoms with E-state index in [0.29, 0.717) is 30.6 Å². The van der Waals surface area contributed by atoms with Crippen LogP contribution in [0, 0.1) is 5.41 Å². The first-order valence-corrected chi connectivity index (χ1v) is 23.1. The molecular formula is C33H53N3O3Sn. The maximum absolute atomic E-state index is 13.1. The molecular weight excluding hydrogens is 605 g/mol. The Balaban J connectivity index is 1.93. The van der Waals surface area contributed by atoms with Gasteiger partial charge in [-0.15, -0.1) is 0 Å². The van der Waals surface area contributed by atoms with Crippen molar-refractivity contribution in [2.75, 3.05) is 13.1 Å². The summed E-state index contributed by atoms with van der Waals surface area (Å²) in [6, 6.07) is 6.92. The van der Waals surface area contributed by atoms with Crippen LogP contribution in [0.3, 0.4) is 0 Å². The van der Waals surface area contributed by atoms with Gasteiger partial charge in [0.15, 0.2) is 0 Å². The van der Waals surface area contributed by atoms with E-state index in [2.05, 4.69) is 56.3 Å². The van der Waals surface area contributed by atoms with Gasteiger partial charge in [0.05, 0.1) is 11.1 Å². The van der Waals surface area contributed by atoms with E-state index in [1.54, 1.807) is 24.3 Å². The number of fused-ring (bicyclic) bond motifs is 1. The Morgan fingerprint density at radius 3 is 1.93 bits per heavy atom. The summed E-state index contributed by atoms with van der Waals surface area (Å²) in [5, 5.41) is 6.59. The molecule has 1 aliphatic heterocycles. The van der Waals surface area contributed by atoms with E-state index < -0.39 is 18.4 Å². The molecule has 0 aliphatic carbocycles. The summed E-state index contributed by atoms with van der Waals surface area (Å²) >= 11 is -2.51. The normalized spacial score (nSPS) is 14.8. The number of carbonyl (C=O) groups excluding carboxylic acids is 3. The Morgan fingerprint density at radius 2 is 1.45 bits per heavy atom. The predicted molar refractivity (Wildman–Crippen MR) is 169 cm³/mol. The molecule has 1 aliphatic rings. The van der Waals surface area contributed by atoms with Crippen LogP contribution in [-0.2, 0) is 4.79 Å². The molecule has 0 saturated heterocycles. The van der Waals surface area contributed by atoms with Gasteiger partial charge in [-0.3, -0.25) is 9.59 Å². The first-order valence-electron chi connectivity index (χ1n) is 15.4. The predicted octanol–water partition coefficient (Wildman–Crippen LogP) is 7.25. The van der Waals surface area contributed by atoms with Gasteiger partial charge in [-0.25, -0.2) is 0 Å². The topological polar surface area (TPSA) is 78.5 Å². The Bertz CT molecular complexity index is 971. The molecule has 1 aromatic carbocycles. The molecule has 2 N–H and O–H groups in total. The van der Waals surface area contributed by atoms with Crippen LogP contribution in [-0.4, -0.2) is 60.1 Å². The van der Waals surface area contributed by atoms with Gasteiger partial charge < -0.3 is 0 Å². The fourth-order valence-corrected chi connectivity index (χ4v) is 19.3. The summed E-state index contributed by atoms with van der Waals surface area (Å²) in [5.41, 5.74) is 0.849. The van der Waals surface area contributed by atoms with Crippen LogP contribution in [0.15, 0.2) is 46.7 Å². The minimum absolute atomic E-state index is 0.0156. The molecule has 0 aromatic heterocycles. The van der Waals surface area contributed by atoms with E-state index in [1.807, 2.05) is 18.4 Å². The Labute approximate surface area is 247 Å². The number of rotatable bonds is 18. The second kappa shape index (κ2) is 17.0. The average Bonchev–Trinajstić information content (AvgIpc) is 3.17. The van der Waals surface area contributed by atoms with Crippen LogP contribution in [0.4, 0.5) is 0 Å². The van der Waals surface area contributed by atoms with Crippen molar-refractivity contribution in [1.82, 2.24) is 15.5 Å². The van der Waals surface area contributed by atoms with Gasteiger partial charge in [0.1, 0.15) is 0 Å². The summed E-state index contributed by atoms with van der Waals surface area (Å²) in [7, 11) is 0. The van der Waals surface area contributed by atoms with Crippen LogP contribution in [0.1, 0.15) is 107 Å². The monoisotopic (exact) mass is 659 g/mol. The molecule has 0 unspecified atom stereocenters. The number of nitrogens with zero attached hydrogens (tertiary/aromatic N) is 1. The molecule has 0 radical (unpaired) electrons. The van der Waals surface area contributed by atoms with E-state index in [4.69, 9.17) is 0 Å². The summed E-state index contributed by atoms with van der Waals surface area (Å²) in [4.78, 5) is 39.5. The Kier molecular flexibility index (Phi) is 14.5. The third kappa shape index (κ3) is 10.4. The van der Waals surface area contributed by atoms with Crippen molar-refractivity contribution in [3.05, 3.63) is 57.8 Å². The molecule has 1 aromatic rings. The van der Waals surface area contributed by atoms with Crippen LogP contribution in [0.5, 0.6) is 0 Å². The van der Waals surface area contributed by atoms with Gasteiger partial charge in [-0.1, -0.05) is 12.1 Å². The second-order valence-electron chi connectivity index (χ2n) is 12.3. The van der Waals surface area contributed by atoms with Crippen LogP contribution >= 0.6 is 0 Å². The third-order valence-corrected chi connectivity index (χ3v) is 22.0. The second-order valence-corrected chi connectivity index (χ2v) is 25.3. The molecule has 222 valence electrons.